The number of rotatable bonds is 4. The van der Waals surface area contributed by atoms with Crippen LogP contribution < -0.4 is 5.32 Å². The van der Waals surface area contributed by atoms with E-state index in [9.17, 15) is 13.2 Å². The molecule has 0 unspecified atom stereocenters. The Hall–Kier alpha value is -0.990. The molecule has 8 heteroatoms. The molecule has 3 nitrogen and oxygen atoms in total. The van der Waals surface area contributed by atoms with Crippen molar-refractivity contribution in [2.75, 3.05) is 6.54 Å². The molecule has 0 spiro atoms. The fourth-order valence-electron chi connectivity index (χ4n) is 1.16. The van der Waals surface area contributed by atoms with E-state index in [0.29, 0.717) is 5.69 Å². The van der Waals surface area contributed by atoms with Crippen molar-refractivity contribution in [1.29, 1.82) is 0 Å². The van der Waals surface area contributed by atoms with E-state index in [1.54, 1.807) is 10.9 Å². The zero-order chi connectivity index (χ0) is 12.3. The van der Waals surface area contributed by atoms with E-state index >= 15 is 0 Å². The first kappa shape index (κ1) is 12.5. The topological polar surface area (TPSA) is 37.8 Å². The van der Waals surface area contributed by atoms with Crippen LogP contribution in [0.4, 0.5) is 13.2 Å². The molecule has 0 saturated heterocycles. The molecule has 0 bridgehead atoms. The number of nitrogens with zero attached hydrogens (tertiary/aromatic N) is 2. The van der Waals surface area contributed by atoms with Crippen molar-refractivity contribution >= 4 is 22.7 Å². The van der Waals surface area contributed by atoms with Gasteiger partial charge in [0.25, 0.3) is 0 Å². The summed E-state index contributed by atoms with van der Waals surface area (Å²) in [5.74, 6) is 0. The van der Waals surface area contributed by atoms with Crippen LogP contribution in [0.15, 0.2) is 16.3 Å². The number of thiazole rings is 2. The number of hydrogen-bond donors (Lipinski definition) is 1. The van der Waals surface area contributed by atoms with Gasteiger partial charge in [-0.3, -0.25) is 0 Å². The smallest absolute Gasteiger partial charge is 0.303 e. The van der Waals surface area contributed by atoms with Crippen molar-refractivity contribution in [3.63, 3.8) is 0 Å². The first-order valence-corrected chi connectivity index (χ1v) is 6.47. The fourth-order valence-corrected chi connectivity index (χ4v) is 2.55. The van der Waals surface area contributed by atoms with E-state index in [1.807, 2.05) is 5.38 Å². The average Bonchev–Trinajstić information content (AvgIpc) is 2.83. The lowest BCUT2D eigenvalue weighted by atomic mass is 10.4. The molecule has 0 aliphatic rings. The first-order chi connectivity index (χ1) is 8.04. The first-order valence-electron chi connectivity index (χ1n) is 4.65. The molecular formula is C9H8F3N3S2. The van der Waals surface area contributed by atoms with Crippen LogP contribution in [0.25, 0.3) is 10.7 Å². The van der Waals surface area contributed by atoms with Crippen LogP contribution in [0.3, 0.4) is 0 Å². The summed E-state index contributed by atoms with van der Waals surface area (Å²) >= 11 is 2.83. The van der Waals surface area contributed by atoms with Gasteiger partial charge in [0.2, 0.25) is 0 Å². The Kier molecular flexibility index (Phi) is 3.75. The standard InChI is InChI=1S/C9H8F3N3S2/c10-9(11,12)4-13-1-6-2-17-8(15-6)7-3-16-5-14-7/h2-3,5,13H,1,4H2. The normalized spacial score (nSPS) is 11.9. The van der Waals surface area contributed by atoms with Gasteiger partial charge in [-0.15, -0.1) is 22.7 Å². The van der Waals surface area contributed by atoms with E-state index in [2.05, 4.69) is 15.3 Å². The summed E-state index contributed by atoms with van der Waals surface area (Å²) in [6.07, 6.45) is -4.19. The highest BCUT2D eigenvalue weighted by atomic mass is 32.1. The van der Waals surface area contributed by atoms with E-state index in [-0.39, 0.29) is 6.54 Å². The van der Waals surface area contributed by atoms with Crippen molar-refractivity contribution in [1.82, 2.24) is 15.3 Å². The Morgan fingerprint density at radius 2 is 2.12 bits per heavy atom. The maximum absolute atomic E-state index is 11.9. The lowest BCUT2D eigenvalue weighted by molar-refractivity contribution is -0.125. The predicted molar refractivity (Wildman–Crippen MR) is 61.0 cm³/mol. The monoisotopic (exact) mass is 279 g/mol. The Balaban J connectivity index is 1.91. The molecule has 0 aliphatic carbocycles. The molecule has 2 aromatic heterocycles. The van der Waals surface area contributed by atoms with Crippen molar-refractivity contribution in [2.45, 2.75) is 12.7 Å². The van der Waals surface area contributed by atoms with Gasteiger partial charge in [0.05, 0.1) is 17.7 Å². The molecule has 92 valence electrons. The third kappa shape index (κ3) is 3.76. The van der Waals surface area contributed by atoms with Gasteiger partial charge in [0.1, 0.15) is 10.7 Å². The quantitative estimate of drug-likeness (QED) is 0.935. The number of nitrogens with one attached hydrogen (secondary N) is 1. The van der Waals surface area contributed by atoms with Gasteiger partial charge in [0.15, 0.2) is 0 Å². The van der Waals surface area contributed by atoms with Crippen LogP contribution >= 0.6 is 22.7 Å². The second kappa shape index (κ2) is 5.11. The second-order valence-corrected chi connectivity index (χ2v) is 4.81. The number of alkyl halides is 3. The second-order valence-electron chi connectivity index (χ2n) is 3.24. The van der Waals surface area contributed by atoms with E-state index in [1.165, 1.54) is 22.7 Å². The van der Waals surface area contributed by atoms with Crippen LogP contribution in [-0.2, 0) is 6.54 Å². The molecular weight excluding hydrogens is 271 g/mol. The highest BCUT2D eigenvalue weighted by Gasteiger charge is 2.26. The Bertz CT molecular complexity index is 464. The van der Waals surface area contributed by atoms with Crippen molar-refractivity contribution in [3.8, 4) is 10.7 Å². The maximum atomic E-state index is 11.9. The Labute approximate surface area is 103 Å². The van der Waals surface area contributed by atoms with Crippen LogP contribution in [0.2, 0.25) is 0 Å². The van der Waals surface area contributed by atoms with E-state index in [4.69, 9.17) is 0 Å². The number of halogens is 3. The fraction of sp³-hybridized carbons (Fsp3) is 0.333. The van der Waals surface area contributed by atoms with Crippen LogP contribution in [0.1, 0.15) is 5.69 Å². The highest BCUT2D eigenvalue weighted by Crippen LogP contribution is 2.23. The lowest BCUT2D eigenvalue weighted by Gasteiger charge is -2.06. The third-order valence-electron chi connectivity index (χ3n) is 1.83. The molecule has 0 aromatic carbocycles. The minimum Gasteiger partial charge on any atom is -0.303 e. The van der Waals surface area contributed by atoms with Crippen molar-refractivity contribution in [3.05, 3.63) is 22.0 Å². The van der Waals surface area contributed by atoms with Gasteiger partial charge in [-0.25, -0.2) is 9.97 Å². The van der Waals surface area contributed by atoms with Gasteiger partial charge in [0, 0.05) is 17.3 Å². The average molecular weight is 279 g/mol. The minimum absolute atomic E-state index is 0.111. The van der Waals surface area contributed by atoms with Gasteiger partial charge in [-0.05, 0) is 0 Å². The Morgan fingerprint density at radius 3 is 2.76 bits per heavy atom. The van der Waals surface area contributed by atoms with Gasteiger partial charge in [-0.2, -0.15) is 13.2 Å². The molecule has 0 aliphatic heterocycles. The molecule has 0 amide bonds. The maximum Gasteiger partial charge on any atom is 0.401 e. The minimum atomic E-state index is -4.19. The van der Waals surface area contributed by atoms with Gasteiger partial charge >= 0.3 is 6.18 Å². The zero-order valence-corrected chi connectivity index (χ0v) is 10.1. The summed E-state index contributed by atoms with van der Waals surface area (Å²) in [6, 6.07) is 0. The number of hydrogen-bond acceptors (Lipinski definition) is 5. The summed E-state index contributed by atoms with van der Waals surface area (Å²) in [5.41, 5.74) is 3.06. The van der Waals surface area contributed by atoms with Crippen LogP contribution in [0, 0.1) is 0 Å². The molecule has 2 aromatic rings. The molecule has 0 fully saturated rings. The lowest BCUT2D eigenvalue weighted by Crippen LogP contribution is -2.28. The molecule has 0 saturated carbocycles. The van der Waals surface area contributed by atoms with Crippen LogP contribution in [0.5, 0.6) is 0 Å². The summed E-state index contributed by atoms with van der Waals surface area (Å²) in [7, 11) is 0. The SMILES string of the molecule is FC(F)(F)CNCc1csc(-c2cscn2)n1. The van der Waals surface area contributed by atoms with E-state index in [0.717, 1.165) is 10.7 Å². The summed E-state index contributed by atoms with van der Waals surface area (Å²) in [6.45, 7) is -0.892. The largest absolute Gasteiger partial charge is 0.401 e. The summed E-state index contributed by atoms with van der Waals surface area (Å²) < 4.78 is 35.7. The van der Waals surface area contributed by atoms with Crippen LogP contribution in [-0.4, -0.2) is 22.7 Å². The molecule has 0 atom stereocenters. The Morgan fingerprint density at radius 1 is 1.29 bits per heavy atom. The van der Waals surface area contributed by atoms with E-state index < -0.39 is 12.7 Å². The summed E-state index contributed by atoms with van der Waals surface area (Å²) in [5, 5.41) is 6.62. The summed E-state index contributed by atoms with van der Waals surface area (Å²) in [4.78, 5) is 8.29. The number of aromatic nitrogens is 2. The van der Waals surface area contributed by atoms with Gasteiger partial charge in [-0.1, -0.05) is 0 Å². The highest BCUT2D eigenvalue weighted by molar-refractivity contribution is 7.13. The third-order valence-corrected chi connectivity index (χ3v) is 3.33. The zero-order valence-electron chi connectivity index (χ0n) is 8.49. The van der Waals surface area contributed by atoms with Crippen molar-refractivity contribution < 1.29 is 13.2 Å². The predicted octanol–water partition coefficient (Wildman–Crippen LogP) is 2.92. The molecule has 17 heavy (non-hydrogen) atoms. The van der Waals surface area contributed by atoms with Crippen molar-refractivity contribution in [2.24, 2.45) is 0 Å². The van der Waals surface area contributed by atoms with Gasteiger partial charge < -0.3 is 5.32 Å². The molecule has 2 rings (SSSR count). The molecule has 1 N–H and O–H groups in total. The molecule has 2 heterocycles. The molecule has 0 radical (unpaired) electrons.